The number of anilines is 1. The number of nitrogens with one attached hydrogen (secondary N) is 1. The molecule has 1 aromatic heterocycles. The third kappa shape index (κ3) is 2.50. The molecule has 1 unspecified atom stereocenters. The number of likely N-dealkylation sites (N-methyl/N-ethyl adjacent to an activating group) is 1. The van der Waals surface area contributed by atoms with E-state index in [-0.39, 0.29) is 23.9 Å². The van der Waals surface area contributed by atoms with Crippen LogP contribution >= 0.6 is 0 Å². The van der Waals surface area contributed by atoms with E-state index in [2.05, 4.69) is 5.32 Å². The van der Waals surface area contributed by atoms with E-state index in [0.29, 0.717) is 24.3 Å². The molecule has 2 rings (SSSR count). The van der Waals surface area contributed by atoms with Crippen LogP contribution in [0.5, 0.6) is 0 Å². The molecule has 1 aliphatic heterocycles. The van der Waals surface area contributed by atoms with Crippen LogP contribution in [0.25, 0.3) is 0 Å². The molecule has 0 aromatic carbocycles. The SMILES string of the molecule is CNC(=O)C1CCCN1C(=O)c1cc(N)cn1C(C)C. The smallest absolute Gasteiger partial charge is 0.271 e. The Morgan fingerprint density at radius 2 is 2.15 bits per heavy atom. The standard InChI is InChI=1S/C14H22N4O2/c1-9(2)18-8-10(15)7-12(18)14(20)17-6-4-5-11(17)13(19)16-3/h7-9,11H,4-6,15H2,1-3H3,(H,16,19). The number of hydrogen-bond acceptors (Lipinski definition) is 3. The van der Waals surface area contributed by atoms with Gasteiger partial charge in [0.1, 0.15) is 11.7 Å². The van der Waals surface area contributed by atoms with Crippen molar-refractivity contribution in [2.45, 2.75) is 38.8 Å². The fourth-order valence-corrected chi connectivity index (χ4v) is 2.70. The maximum absolute atomic E-state index is 12.7. The van der Waals surface area contributed by atoms with E-state index in [4.69, 9.17) is 5.73 Å². The molecule has 0 spiro atoms. The van der Waals surface area contributed by atoms with E-state index in [1.54, 1.807) is 24.2 Å². The zero-order valence-corrected chi connectivity index (χ0v) is 12.2. The van der Waals surface area contributed by atoms with Crippen LogP contribution in [0.2, 0.25) is 0 Å². The molecule has 0 bridgehead atoms. The van der Waals surface area contributed by atoms with Gasteiger partial charge in [0.2, 0.25) is 5.91 Å². The molecule has 2 heterocycles. The summed E-state index contributed by atoms with van der Waals surface area (Å²) in [5.74, 6) is -0.229. The molecule has 3 N–H and O–H groups in total. The molecule has 110 valence electrons. The number of carbonyl (C=O) groups excluding carboxylic acids is 2. The van der Waals surface area contributed by atoms with Crippen LogP contribution in [0, 0.1) is 0 Å². The van der Waals surface area contributed by atoms with Crippen molar-refractivity contribution < 1.29 is 9.59 Å². The van der Waals surface area contributed by atoms with E-state index in [0.717, 1.165) is 6.42 Å². The van der Waals surface area contributed by atoms with Gasteiger partial charge in [0.25, 0.3) is 5.91 Å². The Hall–Kier alpha value is -1.98. The van der Waals surface area contributed by atoms with Gasteiger partial charge in [-0.2, -0.15) is 0 Å². The number of aromatic nitrogens is 1. The molecular formula is C14H22N4O2. The van der Waals surface area contributed by atoms with Gasteiger partial charge >= 0.3 is 0 Å². The van der Waals surface area contributed by atoms with Crippen molar-refractivity contribution in [2.75, 3.05) is 19.3 Å². The molecule has 1 atom stereocenters. The van der Waals surface area contributed by atoms with Crippen LogP contribution in [-0.2, 0) is 4.79 Å². The summed E-state index contributed by atoms with van der Waals surface area (Å²) in [7, 11) is 1.60. The minimum Gasteiger partial charge on any atom is -0.397 e. The van der Waals surface area contributed by atoms with Gasteiger partial charge in [0, 0.05) is 25.8 Å². The van der Waals surface area contributed by atoms with E-state index in [9.17, 15) is 9.59 Å². The molecular weight excluding hydrogens is 256 g/mol. The summed E-state index contributed by atoms with van der Waals surface area (Å²) in [6, 6.07) is 1.46. The van der Waals surface area contributed by atoms with Crippen molar-refractivity contribution in [3.63, 3.8) is 0 Å². The lowest BCUT2D eigenvalue weighted by atomic mass is 10.2. The monoisotopic (exact) mass is 278 g/mol. The van der Waals surface area contributed by atoms with Gasteiger partial charge in [0.15, 0.2) is 0 Å². The molecule has 2 amide bonds. The highest BCUT2D eigenvalue weighted by atomic mass is 16.2. The number of nitrogens with zero attached hydrogens (tertiary/aromatic N) is 2. The first-order chi connectivity index (χ1) is 9.45. The normalized spacial score (nSPS) is 18.6. The fraction of sp³-hybridized carbons (Fsp3) is 0.571. The maximum atomic E-state index is 12.7. The van der Waals surface area contributed by atoms with Crippen LogP contribution in [0.4, 0.5) is 5.69 Å². The maximum Gasteiger partial charge on any atom is 0.271 e. The van der Waals surface area contributed by atoms with Crippen molar-refractivity contribution in [3.05, 3.63) is 18.0 Å². The number of likely N-dealkylation sites (tertiary alicyclic amines) is 1. The molecule has 6 nitrogen and oxygen atoms in total. The Balaban J connectivity index is 2.29. The second kappa shape index (κ2) is 5.56. The predicted octanol–water partition coefficient (Wildman–Crippen LogP) is 1.00. The zero-order chi connectivity index (χ0) is 14.9. The van der Waals surface area contributed by atoms with Gasteiger partial charge < -0.3 is 20.5 Å². The molecule has 6 heteroatoms. The summed E-state index contributed by atoms with van der Waals surface area (Å²) < 4.78 is 1.86. The summed E-state index contributed by atoms with van der Waals surface area (Å²) in [5.41, 5.74) is 6.92. The lowest BCUT2D eigenvalue weighted by Gasteiger charge is -2.24. The Labute approximate surface area is 118 Å². The molecule has 0 radical (unpaired) electrons. The van der Waals surface area contributed by atoms with Crippen LogP contribution in [-0.4, -0.2) is 40.9 Å². The zero-order valence-electron chi connectivity index (χ0n) is 12.2. The number of hydrogen-bond donors (Lipinski definition) is 2. The minimum absolute atomic E-state index is 0.105. The predicted molar refractivity (Wildman–Crippen MR) is 77.4 cm³/mol. The largest absolute Gasteiger partial charge is 0.397 e. The Kier molecular flexibility index (Phi) is 4.01. The number of nitrogen functional groups attached to an aromatic ring is 1. The molecule has 0 aliphatic carbocycles. The van der Waals surface area contributed by atoms with E-state index < -0.39 is 0 Å². The highest BCUT2D eigenvalue weighted by molar-refractivity contribution is 5.97. The van der Waals surface area contributed by atoms with Gasteiger partial charge in [0.05, 0.1) is 5.69 Å². The number of nitrogens with two attached hydrogens (primary N) is 1. The third-order valence-corrected chi connectivity index (χ3v) is 3.71. The molecule has 1 saturated heterocycles. The van der Waals surface area contributed by atoms with Crippen molar-refractivity contribution in [2.24, 2.45) is 0 Å². The second-order valence-electron chi connectivity index (χ2n) is 5.43. The van der Waals surface area contributed by atoms with Gasteiger partial charge in [-0.15, -0.1) is 0 Å². The number of amides is 2. The second-order valence-corrected chi connectivity index (χ2v) is 5.43. The molecule has 20 heavy (non-hydrogen) atoms. The Morgan fingerprint density at radius 1 is 1.45 bits per heavy atom. The van der Waals surface area contributed by atoms with Crippen molar-refractivity contribution in [1.29, 1.82) is 0 Å². The Bertz CT molecular complexity index is 521. The van der Waals surface area contributed by atoms with Crippen molar-refractivity contribution >= 4 is 17.5 Å². The number of rotatable bonds is 3. The van der Waals surface area contributed by atoms with E-state index in [1.807, 2.05) is 18.4 Å². The number of carbonyl (C=O) groups is 2. The third-order valence-electron chi connectivity index (χ3n) is 3.71. The first-order valence-electron chi connectivity index (χ1n) is 6.95. The summed E-state index contributed by atoms with van der Waals surface area (Å²) in [6.45, 7) is 4.60. The van der Waals surface area contributed by atoms with Crippen LogP contribution in [0.1, 0.15) is 43.2 Å². The molecule has 1 aliphatic rings. The van der Waals surface area contributed by atoms with Crippen LogP contribution in [0.15, 0.2) is 12.3 Å². The summed E-state index contributed by atoms with van der Waals surface area (Å²) >= 11 is 0. The highest BCUT2D eigenvalue weighted by Gasteiger charge is 2.35. The molecule has 0 saturated carbocycles. The lowest BCUT2D eigenvalue weighted by Crippen LogP contribution is -2.45. The van der Waals surface area contributed by atoms with Crippen LogP contribution < -0.4 is 11.1 Å². The first-order valence-corrected chi connectivity index (χ1v) is 6.95. The molecule has 1 aromatic rings. The summed E-state index contributed by atoms with van der Waals surface area (Å²) in [6.07, 6.45) is 3.33. The van der Waals surface area contributed by atoms with E-state index in [1.165, 1.54) is 0 Å². The van der Waals surface area contributed by atoms with Gasteiger partial charge in [-0.25, -0.2) is 0 Å². The van der Waals surface area contributed by atoms with Crippen molar-refractivity contribution in [3.8, 4) is 0 Å². The Morgan fingerprint density at radius 3 is 2.75 bits per heavy atom. The summed E-state index contributed by atoms with van der Waals surface area (Å²) in [5, 5.41) is 2.62. The van der Waals surface area contributed by atoms with Gasteiger partial charge in [-0.3, -0.25) is 9.59 Å². The van der Waals surface area contributed by atoms with Crippen LogP contribution in [0.3, 0.4) is 0 Å². The average Bonchev–Trinajstić information content (AvgIpc) is 3.03. The first kappa shape index (κ1) is 14.4. The average molecular weight is 278 g/mol. The quantitative estimate of drug-likeness (QED) is 0.865. The molecule has 1 fully saturated rings. The topological polar surface area (TPSA) is 80.4 Å². The highest BCUT2D eigenvalue weighted by Crippen LogP contribution is 2.23. The fourth-order valence-electron chi connectivity index (χ4n) is 2.70. The minimum atomic E-state index is -0.371. The lowest BCUT2D eigenvalue weighted by molar-refractivity contribution is -0.124. The summed E-state index contributed by atoms with van der Waals surface area (Å²) in [4.78, 5) is 26.2. The van der Waals surface area contributed by atoms with E-state index >= 15 is 0 Å². The van der Waals surface area contributed by atoms with Crippen molar-refractivity contribution in [1.82, 2.24) is 14.8 Å². The van der Waals surface area contributed by atoms with Gasteiger partial charge in [-0.1, -0.05) is 0 Å². The van der Waals surface area contributed by atoms with Gasteiger partial charge in [-0.05, 0) is 32.8 Å².